The highest BCUT2D eigenvalue weighted by Crippen LogP contribution is 2.37. The van der Waals surface area contributed by atoms with Gasteiger partial charge in [-0.05, 0) is 56.4 Å². The molecule has 2 saturated heterocycles. The average Bonchev–Trinajstić information content (AvgIpc) is 3.05. The van der Waals surface area contributed by atoms with Crippen LogP contribution in [0, 0.1) is 11.3 Å². The molecular weight excluding hydrogens is 539 g/mol. The van der Waals surface area contributed by atoms with Crippen molar-refractivity contribution in [3.05, 3.63) is 59.7 Å². The summed E-state index contributed by atoms with van der Waals surface area (Å²) in [5, 5.41) is 9.15. The second-order valence-corrected chi connectivity index (χ2v) is 11.8. The van der Waals surface area contributed by atoms with Crippen molar-refractivity contribution >= 4 is 38.9 Å². The first-order valence-electron chi connectivity index (χ1n) is 11.8. The molecular formula is C25H26F3N5O3S2. The highest BCUT2D eigenvalue weighted by molar-refractivity contribution is 7.89. The lowest BCUT2D eigenvalue weighted by Gasteiger charge is -2.36. The van der Waals surface area contributed by atoms with E-state index in [0.717, 1.165) is 17.0 Å². The average molecular weight is 566 g/mol. The van der Waals surface area contributed by atoms with Crippen molar-refractivity contribution in [2.75, 3.05) is 44.2 Å². The summed E-state index contributed by atoms with van der Waals surface area (Å²) in [7, 11) is -3.58. The minimum absolute atomic E-state index is 0.0540. The lowest BCUT2D eigenvalue weighted by atomic mass is 10.0. The molecule has 2 aromatic rings. The molecule has 1 amide bonds. The summed E-state index contributed by atoms with van der Waals surface area (Å²) in [5.74, 6) is -0.473. The zero-order valence-electron chi connectivity index (χ0n) is 20.8. The number of nitrogens with zero attached hydrogens (tertiary/aromatic N) is 5. The van der Waals surface area contributed by atoms with E-state index in [9.17, 15) is 26.4 Å². The van der Waals surface area contributed by atoms with E-state index in [0.29, 0.717) is 39.3 Å². The van der Waals surface area contributed by atoms with Crippen LogP contribution in [0.15, 0.2) is 53.4 Å². The van der Waals surface area contributed by atoms with Crippen LogP contribution in [0.25, 0.3) is 0 Å². The maximum Gasteiger partial charge on any atom is 0.417 e. The van der Waals surface area contributed by atoms with E-state index in [1.54, 1.807) is 49.1 Å². The Hall–Kier alpha value is -3.05. The third-order valence-electron chi connectivity index (χ3n) is 6.86. The summed E-state index contributed by atoms with van der Waals surface area (Å²) in [6.45, 7) is 5.68. The van der Waals surface area contributed by atoms with Crippen LogP contribution in [-0.2, 0) is 21.0 Å². The van der Waals surface area contributed by atoms with Gasteiger partial charge in [-0.15, -0.1) is 0 Å². The number of nitriles is 1. The van der Waals surface area contributed by atoms with Gasteiger partial charge in [0.2, 0.25) is 10.0 Å². The van der Waals surface area contributed by atoms with E-state index in [1.165, 1.54) is 16.4 Å². The molecule has 0 spiro atoms. The number of alkyl halides is 3. The molecule has 0 bridgehead atoms. The summed E-state index contributed by atoms with van der Waals surface area (Å²) < 4.78 is 67.7. The Morgan fingerprint density at radius 3 is 2.24 bits per heavy atom. The van der Waals surface area contributed by atoms with Crippen LogP contribution in [0.5, 0.6) is 0 Å². The van der Waals surface area contributed by atoms with Crippen LogP contribution in [-0.4, -0.2) is 78.3 Å². The van der Waals surface area contributed by atoms with Crippen molar-refractivity contribution in [3.8, 4) is 6.07 Å². The maximum absolute atomic E-state index is 13.5. The molecule has 2 aliphatic heterocycles. The molecule has 4 rings (SSSR count). The van der Waals surface area contributed by atoms with Crippen molar-refractivity contribution in [2.45, 2.75) is 30.5 Å². The number of hydrogen-bond acceptors (Lipinski definition) is 6. The predicted molar refractivity (Wildman–Crippen MR) is 139 cm³/mol. The number of hydrogen-bond donors (Lipinski definition) is 0. The molecule has 0 aliphatic carbocycles. The summed E-state index contributed by atoms with van der Waals surface area (Å²) in [5.41, 5.74) is -2.83. The second-order valence-electron chi connectivity index (χ2n) is 9.53. The van der Waals surface area contributed by atoms with Gasteiger partial charge >= 0.3 is 6.18 Å². The van der Waals surface area contributed by atoms with Crippen LogP contribution >= 0.6 is 12.2 Å². The molecule has 2 aliphatic rings. The Bertz CT molecular complexity index is 1380. The largest absolute Gasteiger partial charge is 0.417 e. The molecule has 202 valence electrons. The molecule has 0 aromatic heterocycles. The molecule has 0 unspecified atom stereocenters. The van der Waals surface area contributed by atoms with Gasteiger partial charge in [-0.2, -0.15) is 22.7 Å². The number of sulfonamides is 1. The number of amides is 1. The Labute approximate surface area is 224 Å². The van der Waals surface area contributed by atoms with Crippen LogP contribution < -0.4 is 4.90 Å². The summed E-state index contributed by atoms with van der Waals surface area (Å²) in [4.78, 5) is 18.3. The highest BCUT2D eigenvalue weighted by atomic mass is 32.2. The van der Waals surface area contributed by atoms with Crippen molar-refractivity contribution < 1.29 is 26.4 Å². The number of carbonyl (C=O) groups is 1. The van der Waals surface area contributed by atoms with Crippen molar-refractivity contribution in [3.63, 3.8) is 0 Å². The lowest BCUT2D eigenvalue weighted by Crippen LogP contribution is -2.52. The van der Waals surface area contributed by atoms with Crippen LogP contribution in [0.1, 0.15) is 25.0 Å². The van der Waals surface area contributed by atoms with Gasteiger partial charge in [-0.3, -0.25) is 14.6 Å². The topological polar surface area (TPSA) is 88.0 Å². The Morgan fingerprint density at radius 1 is 1.03 bits per heavy atom. The number of thiocarbonyl (C=S) groups is 1. The Kier molecular flexibility index (Phi) is 7.55. The van der Waals surface area contributed by atoms with Crippen LogP contribution in [0.2, 0.25) is 0 Å². The molecule has 13 heteroatoms. The number of rotatable bonds is 6. The number of carbonyl (C=O) groups excluding carboxylic acids is 1. The first-order valence-corrected chi connectivity index (χ1v) is 13.7. The molecule has 0 radical (unpaired) electrons. The summed E-state index contributed by atoms with van der Waals surface area (Å²) >= 11 is 5.54. The molecule has 0 saturated carbocycles. The minimum atomic E-state index is -4.77. The number of halogens is 3. The number of benzene rings is 2. The fraction of sp³-hybridized carbons (Fsp3) is 0.400. The maximum atomic E-state index is 13.5. The fourth-order valence-electron chi connectivity index (χ4n) is 4.62. The fourth-order valence-corrected chi connectivity index (χ4v) is 6.57. The van der Waals surface area contributed by atoms with Gasteiger partial charge in [0.15, 0.2) is 5.11 Å². The van der Waals surface area contributed by atoms with Gasteiger partial charge in [0.1, 0.15) is 5.54 Å². The van der Waals surface area contributed by atoms with E-state index < -0.39 is 38.8 Å². The standard InChI is InChI=1S/C25H26F3N5O3S2/c1-24(2)22(34)33(19-9-8-18(17-29)21(16-19)25(26,27)28)23(37)32(24)15-12-30-10-13-31(14-11-30)38(35,36)20-6-4-3-5-7-20/h3-9,16H,10-15H2,1-2H3. The Morgan fingerprint density at radius 2 is 1.66 bits per heavy atom. The monoisotopic (exact) mass is 565 g/mol. The van der Waals surface area contributed by atoms with Gasteiger partial charge in [0.25, 0.3) is 5.91 Å². The minimum Gasteiger partial charge on any atom is -0.333 e. The van der Waals surface area contributed by atoms with Gasteiger partial charge in [0.05, 0.1) is 27.8 Å². The van der Waals surface area contributed by atoms with Crippen LogP contribution in [0.4, 0.5) is 18.9 Å². The highest BCUT2D eigenvalue weighted by Gasteiger charge is 2.50. The summed E-state index contributed by atoms with van der Waals surface area (Å²) in [6.07, 6.45) is -4.77. The molecule has 2 heterocycles. The van der Waals surface area contributed by atoms with Gasteiger partial charge < -0.3 is 4.90 Å². The molecule has 2 fully saturated rings. The van der Waals surface area contributed by atoms with E-state index >= 15 is 0 Å². The first-order chi connectivity index (χ1) is 17.8. The number of anilines is 1. The first kappa shape index (κ1) is 28.0. The SMILES string of the molecule is CC1(C)C(=O)N(c2ccc(C#N)c(C(F)(F)F)c2)C(=S)N1CCN1CCN(S(=O)(=O)c2ccccc2)CC1. The van der Waals surface area contributed by atoms with Crippen molar-refractivity contribution in [1.29, 1.82) is 5.26 Å². The number of piperazine rings is 1. The zero-order chi connectivity index (χ0) is 27.9. The molecule has 0 N–H and O–H groups in total. The second kappa shape index (κ2) is 10.3. The van der Waals surface area contributed by atoms with Gasteiger partial charge in [-0.25, -0.2) is 8.42 Å². The van der Waals surface area contributed by atoms with E-state index in [1.807, 2.05) is 0 Å². The quantitative estimate of drug-likeness (QED) is 0.497. The predicted octanol–water partition coefficient (Wildman–Crippen LogP) is 3.30. The third-order valence-corrected chi connectivity index (χ3v) is 9.18. The van der Waals surface area contributed by atoms with Crippen molar-refractivity contribution in [1.82, 2.24) is 14.1 Å². The van der Waals surface area contributed by atoms with E-state index in [2.05, 4.69) is 4.90 Å². The van der Waals surface area contributed by atoms with Gasteiger partial charge in [0, 0.05) is 39.3 Å². The molecule has 2 aromatic carbocycles. The Balaban J connectivity index is 1.44. The van der Waals surface area contributed by atoms with Crippen molar-refractivity contribution in [2.24, 2.45) is 0 Å². The van der Waals surface area contributed by atoms with E-state index in [-0.39, 0.29) is 15.7 Å². The van der Waals surface area contributed by atoms with Crippen LogP contribution in [0.3, 0.4) is 0 Å². The molecule has 38 heavy (non-hydrogen) atoms. The molecule has 0 atom stereocenters. The smallest absolute Gasteiger partial charge is 0.333 e. The van der Waals surface area contributed by atoms with E-state index in [4.69, 9.17) is 17.5 Å². The summed E-state index contributed by atoms with van der Waals surface area (Å²) in [6, 6.07) is 12.9. The zero-order valence-corrected chi connectivity index (χ0v) is 22.4. The van der Waals surface area contributed by atoms with Gasteiger partial charge in [-0.1, -0.05) is 18.2 Å². The molecule has 8 nitrogen and oxygen atoms in total. The normalized spacial score (nSPS) is 19.2. The lowest BCUT2D eigenvalue weighted by molar-refractivity contribution is -0.137. The third kappa shape index (κ3) is 5.13.